The molecule has 0 spiro atoms. The smallest absolute Gasteiger partial charge is 0.0695 e. The summed E-state index contributed by atoms with van der Waals surface area (Å²) in [6.07, 6.45) is 6.04. The molecule has 1 N–H and O–H groups in total. The summed E-state index contributed by atoms with van der Waals surface area (Å²) < 4.78 is 0. The second kappa shape index (κ2) is 4.19. The lowest BCUT2D eigenvalue weighted by atomic mass is 9.91. The van der Waals surface area contributed by atoms with Crippen LogP contribution in [0.1, 0.15) is 39.0 Å². The topological polar surface area (TPSA) is 23.5 Å². The molecule has 0 aromatic rings. The number of hydrogen-bond donors (Lipinski definition) is 1. The number of nitrogens with zero attached hydrogens (tertiary/aromatic N) is 1. The van der Waals surface area contributed by atoms with Gasteiger partial charge >= 0.3 is 0 Å². The maximum atomic E-state index is 9.90. The highest BCUT2D eigenvalue weighted by Crippen LogP contribution is 2.38. The second-order valence-corrected chi connectivity index (χ2v) is 5.33. The first kappa shape index (κ1) is 10.4. The van der Waals surface area contributed by atoms with Crippen LogP contribution in [0.25, 0.3) is 0 Å². The molecule has 2 rings (SSSR count). The number of likely N-dealkylation sites (N-methyl/N-ethyl adjacent to an activating group) is 1. The van der Waals surface area contributed by atoms with E-state index in [2.05, 4.69) is 18.9 Å². The Morgan fingerprint density at radius 3 is 2.50 bits per heavy atom. The van der Waals surface area contributed by atoms with Crippen LogP contribution in [0.15, 0.2) is 0 Å². The average Bonchev–Trinajstić information content (AvgIpc) is 2.82. The van der Waals surface area contributed by atoms with Crippen molar-refractivity contribution >= 4 is 0 Å². The standard InChI is InChI=1S/C12H23NO/c1-9-7-10(9)8-13(2)11-5-3-4-6-12(11)14/h9-12,14H,3-8H2,1-2H3. The predicted octanol–water partition coefficient (Wildman–Crippen LogP) is 1.88. The molecule has 2 nitrogen and oxygen atoms in total. The van der Waals surface area contributed by atoms with Gasteiger partial charge in [-0.25, -0.2) is 0 Å². The minimum Gasteiger partial charge on any atom is -0.391 e. The summed E-state index contributed by atoms with van der Waals surface area (Å²) in [5.74, 6) is 1.84. The van der Waals surface area contributed by atoms with Crippen LogP contribution in [-0.4, -0.2) is 35.7 Å². The molecule has 2 aliphatic carbocycles. The number of aliphatic hydroxyl groups is 1. The SMILES string of the molecule is CC1CC1CN(C)C1CCCCC1O. The maximum Gasteiger partial charge on any atom is 0.0695 e. The summed E-state index contributed by atoms with van der Waals surface area (Å²) in [6, 6.07) is 0.441. The molecule has 2 fully saturated rings. The Morgan fingerprint density at radius 1 is 1.29 bits per heavy atom. The van der Waals surface area contributed by atoms with Crippen LogP contribution < -0.4 is 0 Å². The highest BCUT2D eigenvalue weighted by molar-refractivity contribution is 4.88. The van der Waals surface area contributed by atoms with Crippen LogP contribution >= 0.6 is 0 Å². The normalized spacial score (nSPS) is 42.9. The van der Waals surface area contributed by atoms with Crippen LogP contribution in [0, 0.1) is 11.8 Å². The zero-order chi connectivity index (χ0) is 10.1. The lowest BCUT2D eigenvalue weighted by Gasteiger charge is -2.35. The molecule has 0 bridgehead atoms. The van der Waals surface area contributed by atoms with Gasteiger partial charge in [0.1, 0.15) is 0 Å². The van der Waals surface area contributed by atoms with E-state index in [4.69, 9.17) is 0 Å². The van der Waals surface area contributed by atoms with E-state index in [1.165, 1.54) is 32.2 Å². The van der Waals surface area contributed by atoms with E-state index in [-0.39, 0.29) is 6.10 Å². The fourth-order valence-corrected chi connectivity index (χ4v) is 2.76. The van der Waals surface area contributed by atoms with Crippen molar-refractivity contribution in [3.8, 4) is 0 Å². The van der Waals surface area contributed by atoms with E-state index >= 15 is 0 Å². The summed E-state index contributed by atoms with van der Waals surface area (Å²) in [5.41, 5.74) is 0. The van der Waals surface area contributed by atoms with Crippen LogP contribution in [0.3, 0.4) is 0 Å². The molecule has 14 heavy (non-hydrogen) atoms. The Bertz CT molecular complexity index is 195. The van der Waals surface area contributed by atoms with Gasteiger partial charge < -0.3 is 10.0 Å². The van der Waals surface area contributed by atoms with E-state index in [1.807, 2.05) is 0 Å². The van der Waals surface area contributed by atoms with Gasteiger partial charge in [0, 0.05) is 12.6 Å². The van der Waals surface area contributed by atoms with Crippen molar-refractivity contribution in [3.05, 3.63) is 0 Å². The first-order valence-corrected chi connectivity index (χ1v) is 6.07. The molecule has 2 aliphatic rings. The van der Waals surface area contributed by atoms with Crippen molar-refractivity contribution in [2.45, 2.75) is 51.2 Å². The molecular formula is C12H23NO. The van der Waals surface area contributed by atoms with E-state index in [0.717, 1.165) is 18.3 Å². The Balaban J connectivity index is 1.80. The molecule has 0 aromatic carbocycles. The highest BCUT2D eigenvalue weighted by Gasteiger charge is 2.36. The van der Waals surface area contributed by atoms with E-state index in [1.54, 1.807) is 0 Å². The van der Waals surface area contributed by atoms with Crippen LogP contribution in [0.4, 0.5) is 0 Å². The fraction of sp³-hybridized carbons (Fsp3) is 1.00. The Morgan fingerprint density at radius 2 is 1.93 bits per heavy atom. The van der Waals surface area contributed by atoms with E-state index in [0.29, 0.717) is 6.04 Å². The fourth-order valence-electron chi connectivity index (χ4n) is 2.76. The van der Waals surface area contributed by atoms with Crippen LogP contribution in [-0.2, 0) is 0 Å². The molecule has 2 saturated carbocycles. The molecule has 0 aliphatic heterocycles. The van der Waals surface area contributed by atoms with Gasteiger partial charge in [-0.05, 0) is 38.1 Å². The molecule has 0 aromatic heterocycles. The van der Waals surface area contributed by atoms with Crippen LogP contribution in [0.5, 0.6) is 0 Å². The van der Waals surface area contributed by atoms with Gasteiger partial charge in [0.15, 0.2) is 0 Å². The van der Waals surface area contributed by atoms with Gasteiger partial charge in [0.2, 0.25) is 0 Å². The summed E-state index contributed by atoms with van der Waals surface area (Å²) in [7, 11) is 2.18. The molecule has 82 valence electrons. The molecule has 2 heteroatoms. The summed E-state index contributed by atoms with van der Waals surface area (Å²) in [4.78, 5) is 2.40. The summed E-state index contributed by atoms with van der Waals surface area (Å²) >= 11 is 0. The first-order chi connectivity index (χ1) is 6.68. The molecule has 0 heterocycles. The molecule has 4 unspecified atom stereocenters. The Kier molecular flexibility index (Phi) is 3.13. The quantitative estimate of drug-likeness (QED) is 0.746. The van der Waals surface area contributed by atoms with Gasteiger partial charge in [0.25, 0.3) is 0 Å². The van der Waals surface area contributed by atoms with Crippen LogP contribution in [0.2, 0.25) is 0 Å². The minimum atomic E-state index is -0.0668. The first-order valence-electron chi connectivity index (χ1n) is 6.07. The zero-order valence-electron chi connectivity index (χ0n) is 9.45. The third-order valence-corrected chi connectivity index (χ3v) is 4.06. The number of aliphatic hydroxyl groups excluding tert-OH is 1. The average molecular weight is 197 g/mol. The Labute approximate surface area is 87.3 Å². The minimum absolute atomic E-state index is 0.0668. The second-order valence-electron chi connectivity index (χ2n) is 5.33. The summed E-state index contributed by atoms with van der Waals surface area (Å²) in [6.45, 7) is 3.53. The van der Waals surface area contributed by atoms with Gasteiger partial charge in [-0.15, -0.1) is 0 Å². The molecule has 0 radical (unpaired) electrons. The largest absolute Gasteiger partial charge is 0.391 e. The van der Waals surface area contributed by atoms with E-state index in [9.17, 15) is 5.11 Å². The highest BCUT2D eigenvalue weighted by atomic mass is 16.3. The van der Waals surface area contributed by atoms with Crippen molar-refractivity contribution in [2.24, 2.45) is 11.8 Å². The number of rotatable bonds is 3. The van der Waals surface area contributed by atoms with Crippen molar-refractivity contribution < 1.29 is 5.11 Å². The third kappa shape index (κ3) is 2.29. The molecule has 0 amide bonds. The number of hydrogen-bond acceptors (Lipinski definition) is 2. The van der Waals surface area contributed by atoms with Gasteiger partial charge in [-0.2, -0.15) is 0 Å². The Hall–Kier alpha value is -0.0800. The maximum absolute atomic E-state index is 9.90. The van der Waals surface area contributed by atoms with Crippen molar-refractivity contribution in [3.63, 3.8) is 0 Å². The predicted molar refractivity (Wildman–Crippen MR) is 58.2 cm³/mol. The molecular weight excluding hydrogens is 174 g/mol. The third-order valence-electron chi connectivity index (χ3n) is 4.06. The van der Waals surface area contributed by atoms with Crippen molar-refractivity contribution in [1.82, 2.24) is 4.90 Å². The zero-order valence-corrected chi connectivity index (χ0v) is 9.45. The molecule has 4 atom stereocenters. The molecule has 0 saturated heterocycles. The van der Waals surface area contributed by atoms with Gasteiger partial charge in [-0.1, -0.05) is 19.8 Å². The van der Waals surface area contributed by atoms with Gasteiger partial charge in [0.05, 0.1) is 6.10 Å². The van der Waals surface area contributed by atoms with E-state index < -0.39 is 0 Å². The lowest BCUT2D eigenvalue weighted by Crippen LogP contribution is -2.44. The monoisotopic (exact) mass is 197 g/mol. The van der Waals surface area contributed by atoms with Crippen molar-refractivity contribution in [2.75, 3.05) is 13.6 Å². The lowest BCUT2D eigenvalue weighted by molar-refractivity contribution is 0.0298. The summed E-state index contributed by atoms with van der Waals surface area (Å²) in [5, 5.41) is 9.90. The van der Waals surface area contributed by atoms with Crippen molar-refractivity contribution in [1.29, 1.82) is 0 Å². The van der Waals surface area contributed by atoms with Gasteiger partial charge in [-0.3, -0.25) is 0 Å².